The molecule has 0 aliphatic carbocycles. The number of ether oxygens (including phenoxy) is 1. The Balaban J connectivity index is 1.94. The lowest BCUT2D eigenvalue weighted by Crippen LogP contribution is -2.44. The number of hydrogen-bond donors (Lipinski definition) is 0. The van der Waals surface area contributed by atoms with E-state index in [9.17, 15) is 21.6 Å². The molecule has 0 amide bonds. The lowest BCUT2D eigenvalue weighted by Gasteiger charge is -2.33. The van der Waals surface area contributed by atoms with Gasteiger partial charge in [-0.3, -0.25) is 4.98 Å². The summed E-state index contributed by atoms with van der Waals surface area (Å²) in [4.78, 5) is 2.44. The summed E-state index contributed by atoms with van der Waals surface area (Å²) in [5.41, 5.74) is -1.36. The lowest BCUT2D eigenvalue weighted by molar-refractivity contribution is -0.143. The first kappa shape index (κ1) is 15.7. The normalized spacial score (nSPS) is 26.9. The van der Waals surface area contributed by atoms with Crippen molar-refractivity contribution in [2.75, 3.05) is 19.7 Å². The molecular formula is C13H15F3N2O3S. The predicted molar refractivity (Wildman–Crippen MR) is 70.5 cm³/mol. The monoisotopic (exact) mass is 336 g/mol. The highest BCUT2D eigenvalue weighted by Gasteiger charge is 2.43. The summed E-state index contributed by atoms with van der Waals surface area (Å²) in [6.07, 6.45) is -2.61. The summed E-state index contributed by atoms with van der Waals surface area (Å²) in [6.45, 7) is 0.929. The van der Waals surface area contributed by atoms with Gasteiger partial charge in [-0.1, -0.05) is 0 Å². The van der Waals surface area contributed by atoms with Crippen molar-refractivity contribution in [2.24, 2.45) is 5.92 Å². The molecule has 2 aliphatic heterocycles. The molecule has 0 unspecified atom stereocenters. The Morgan fingerprint density at radius 2 is 2.09 bits per heavy atom. The third-order valence-electron chi connectivity index (χ3n) is 4.10. The van der Waals surface area contributed by atoms with Crippen LogP contribution in [-0.2, 0) is 20.9 Å². The molecule has 1 aromatic heterocycles. The van der Waals surface area contributed by atoms with Crippen molar-refractivity contribution in [1.29, 1.82) is 0 Å². The van der Waals surface area contributed by atoms with Crippen molar-refractivity contribution in [3.63, 3.8) is 0 Å². The number of pyridine rings is 1. The fourth-order valence-corrected chi connectivity index (χ4v) is 4.69. The molecular weight excluding hydrogens is 321 g/mol. The van der Waals surface area contributed by atoms with E-state index in [1.54, 1.807) is 0 Å². The number of fused-ring (bicyclic) bond motifs is 1. The minimum absolute atomic E-state index is 0.0161. The average Bonchev–Trinajstić information content (AvgIpc) is 2.93. The van der Waals surface area contributed by atoms with Crippen LogP contribution in [0.1, 0.15) is 18.5 Å². The summed E-state index contributed by atoms with van der Waals surface area (Å²) in [6, 6.07) is 2.16. The first-order valence-corrected chi connectivity index (χ1v) is 8.38. The van der Waals surface area contributed by atoms with E-state index in [0.717, 1.165) is 23.0 Å². The fourth-order valence-electron chi connectivity index (χ4n) is 3.01. The number of aromatic nitrogens is 1. The zero-order valence-electron chi connectivity index (χ0n) is 11.6. The van der Waals surface area contributed by atoms with Gasteiger partial charge in [0.25, 0.3) is 0 Å². The van der Waals surface area contributed by atoms with Gasteiger partial charge in [0.15, 0.2) is 5.69 Å². The Kier molecular flexibility index (Phi) is 3.90. The van der Waals surface area contributed by atoms with E-state index < -0.39 is 26.8 Å². The van der Waals surface area contributed by atoms with Gasteiger partial charge in [0, 0.05) is 31.8 Å². The standard InChI is InChI=1S/C13H15F3N2O3S/c14-13(15,16)12-11(2-1-5-17-12)22(19,20)18-6-3-10-9(8-18)4-7-21-10/h1-2,5,9-10H,3-4,6-8H2/t9-,10+/m0/s1. The first-order chi connectivity index (χ1) is 10.3. The van der Waals surface area contributed by atoms with Gasteiger partial charge < -0.3 is 4.74 Å². The maximum atomic E-state index is 13.0. The second kappa shape index (κ2) is 5.47. The maximum Gasteiger partial charge on any atom is 0.434 e. The predicted octanol–water partition coefficient (Wildman–Crippen LogP) is 1.90. The summed E-state index contributed by atoms with van der Waals surface area (Å²) in [7, 11) is -4.22. The van der Waals surface area contributed by atoms with Crippen LogP contribution < -0.4 is 0 Å². The Labute approximate surface area is 126 Å². The van der Waals surface area contributed by atoms with Gasteiger partial charge in [0.1, 0.15) is 4.90 Å². The van der Waals surface area contributed by atoms with Crippen molar-refractivity contribution in [2.45, 2.75) is 30.0 Å². The third kappa shape index (κ3) is 2.72. The SMILES string of the molecule is O=S(=O)(c1cccnc1C(F)(F)F)N1CC[C@H]2OCC[C@H]2C1. The molecule has 3 rings (SSSR count). The van der Waals surface area contributed by atoms with Crippen LogP contribution in [0.15, 0.2) is 23.2 Å². The number of rotatable bonds is 2. The molecule has 2 atom stereocenters. The van der Waals surface area contributed by atoms with E-state index >= 15 is 0 Å². The Bertz CT molecular complexity index is 663. The molecule has 2 aliphatic rings. The molecule has 22 heavy (non-hydrogen) atoms. The lowest BCUT2D eigenvalue weighted by atomic mass is 9.96. The first-order valence-electron chi connectivity index (χ1n) is 6.94. The Morgan fingerprint density at radius 3 is 2.82 bits per heavy atom. The highest BCUT2D eigenvalue weighted by atomic mass is 32.2. The molecule has 9 heteroatoms. The number of alkyl halides is 3. The number of halogens is 3. The van der Waals surface area contributed by atoms with E-state index in [1.165, 1.54) is 6.07 Å². The van der Waals surface area contributed by atoms with Crippen LogP contribution in [0.25, 0.3) is 0 Å². The van der Waals surface area contributed by atoms with Gasteiger partial charge in [-0.25, -0.2) is 8.42 Å². The van der Waals surface area contributed by atoms with Crippen molar-refractivity contribution in [1.82, 2.24) is 9.29 Å². The van der Waals surface area contributed by atoms with E-state index in [-0.39, 0.29) is 25.1 Å². The number of piperidine rings is 1. The minimum Gasteiger partial charge on any atom is -0.378 e. The summed E-state index contributed by atoms with van der Waals surface area (Å²) in [5, 5.41) is 0. The zero-order chi connectivity index (χ0) is 16.0. The second-order valence-electron chi connectivity index (χ2n) is 5.46. The van der Waals surface area contributed by atoms with Gasteiger partial charge in [0.05, 0.1) is 6.10 Å². The second-order valence-corrected chi connectivity index (χ2v) is 7.36. The molecule has 3 heterocycles. The van der Waals surface area contributed by atoms with Crippen molar-refractivity contribution in [3.8, 4) is 0 Å². The van der Waals surface area contributed by atoms with Crippen LogP contribution in [-0.4, -0.2) is 43.5 Å². The van der Waals surface area contributed by atoms with E-state index in [1.807, 2.05) is 0 Å². The van der Waals surface area contributed by atoms with Crippen LogP contribution in [0, 0.1) is 5.92 Å². The van der Waals surface area contributed by atoms with Crippen LogP contribution >= 0.6 is 0 Å². The van der Waals surface area contributed by atoms with Gasteiger partial charge in [-0.05, 0) is 25.0 Å². The highest BCUT2D eigenvalue weighted by molar-refractivity contribution is 7.89. The van der Waals surface area contributed by atoms with Gasteiger partial charge in [0.2, 0.25) is 10.0 Å². The van der Waals surface area contributed by atoms with Gasteiger partial charge in [-0.15, -0.1) is 0 Å². The minimum atomic E-state index is -4.81. The molecule has 2 saturated heterocycles. The fraction of sp³-hybridized carbons (Fsp3) is 0.615. The summed E-state index contributed by atoms with van der Waals surface area (Å²) in [5.74, 6) is 0.0505. The molecule has 0 aromatic carbocycles. The molecule has 0 N–H and O–H groups in total. The molecule has 0 spiro atoms. The number of nitrogens with zero attached hydrogens (tertiary/aromatic N) is 2. The van der Waals surface area contributed by atoms with Crippen LogP contribution in [0.5, 0.6) is 0 Å². The van der Waals surface area contributed by atoms with E-state index in [2.05, 4.69) is 4.98 Å². The van der Waals surface area contributed by atoms with Gasteiger partial charge in [-0.2, -0.15) is 17.5 Å². The molecule has 2 fully saturated rings. The Hall–Kier alpha value is -1.19. The molecule has 122 valence electrons. The highest BCUT2D eigenvalue weighted by Crippen LogP contribution is 2.36. The quantitative estimate of drug-likeness (QED) is 0.828. The van der Waals surface area contributed by atoms with Crippen LogP contribution in [0.3, 0.4) is 0 Å². The molecule has 0 saturated carbocycles. The number of sulfonamides is 1. The molecule has 5 nitrogen and oxygen atoms in total. The van der Waals surface area contributed by atoms with Crippen molar-refractivity contribution < 1.29 is 26.3 Å². The maximum absolute atomic E-state index is 13.0. The van der Waals surface area contributed by atoms with Crippen LogP contribution in [0.2, 0.25) is 0 Å². The molecule has 0 bridgehead atoms. The largest absolute Gasteiger partial charge is 0.434 e. The summed E-state index contributed by atoms with van der Waals surface area (Å²) < 4.78 is 70.8. The van der Waals surface area contributed by atoms with Crippen molar-refractivity contribution >= 4 is 10.0 Å². The van der Waals surface area contributed by atoms with E-state index in [0.29, 0.717) is 13.0 Å². The summed E-state index contributed by atoms with van der Waals surface area (Å²) >= 11 is 0. The Morgan fingerprint density at radius 1 is 1.32 bits per heavy atom. The molecule has 1 aromatic rings. The third-order valence-corrected chi connectivity index (χ3v) is 6.00. The molecule has 0 radical (unpaired) electrons. The number of hydrogen-bond acceptors (Lipinski definition) is 4. The van der Waals surface area contributed by atoms with Crippen molar-refractivity contribution in [3.05, 3.63) is 24.0 Å². The smallest absolute Gasteiger partial charge is 0.378 e. The van der Waals surface area contributed by atoms with Crippen LogP contribution in [0.4, 0.5) is 13.2 Å². The average molecular weight is 336 g/mol. The topological polar surface area (TPSA) is 59.5 Å². The van der Waals surface area contributed by atoms with E-state index in [4.69, 9.17) is 4.74 Å². The zero-order valence-corrected chi connectivity index (χ0v) is 12.4. The van der Waals surface area contributed by atoms with Gasteiger partial charge >= 0.3 is 6.18 Å².